The number of pyridine rings is 1. The molecule has 1 unspecified atom stereocenters. The van der Waals surface area contributed by atoms with Crippen LogP contribution in [0.5, 0.6) is 5.75 Å². The highest BCUT2D eigenvalue weighted by molar-refractivity contribution is 5.90. The number of urea groups is 1. The number of aromatic nitrogens is 6. The Morgan fingerprint density at radius 3 is 2.45 bits per heavy atom. The molecule has 0 aliphatic heterocycles. The first-order chi connectivity index (χ1) is 15.4. The molecule has 0 spiro atoms. The Bertz CT molecular complexity index is 1100. The molecule has 16 heteroatoms. The van der Waals surface area contributed by atoms with E-state index in [0.717, 1.165) is 0 Å². The molecule has 0 aliphatic rings. The quantitative estimate of drug-likeness (QED) is 0.524. The predicted molar refractivity (Wildman–Crippen MR) is 98.3 cm³/mol. The van der Waals surface area contributed by atoms with Crippen molar-refractivity contribution in [2.24, 2.45) is 0 Å². The third-order valence-corrected chi connectivity index (χ3v) is 3.85. The van der Waals surface area contributed by atoms with Crippen LogP contribution in [-0.4, -0.2) is 48.5 Å². The second kappa shape index (κ2) is 9.25. The van der Waals surface area contributed by atoms with Crippen LogP contribution >= 0.6 is 0 Å². The number of anilines is 1. The number of carbonyl (C=O) groups excluding carboxylic acids is 1. The van der Waals surface area contributed by atoms with Crippen LogP contribution in [0.15, 0.2) is 37.1 Å². The number of nitrogens with zero attached hydrogens (tertiary/aromatic N) is 6. The number of alkyl halides is 6. The zero-order valence-corrected chi connectivity index (χ0v) is 16.5. The van der Waals surface area contributed by atoms with Gasteiger partial charge >= 0.3 is 18.4 Å². The summed E-state index contributed by atoms with van der Waals surface area (Å²) in [7, 11) is 0. The third-order valence-electron chi connectivity index (χ3n) is 3.85. The molecule has 0 saturated heterocycles. The zero-order valence-electron chi connectivity index (χ0n) is 16.5. The van der Waals surface area contributed by atoms with Crippen molar-refractivity contribution in [3.05, 3.63) is 48.6 Å². The van der Waals surface area contributed by atoms with E-state index >= 15 is 0 Å². The fourth-order valence-corrected chi connectivity index (χ4v) is 2.48. The first-order valence-corrected chi connectivity index (χ1v) is 8.95. The number of hydrogen-bond acceptors (Lipinski definition) is 7. The minimum atomic E-state index is -4.94. The zero-order chi connectivity index (χ0) is 24.2. The van der Waals surface area contributed by atoms with E-state index in [1.807, 2.05) is 0 Å². The van der Waals surface area contributed by atoms with Crippen molar-refractivity contribution in [3.63, 3.8) is 0 Å². The SMILES string of the molecule is CC(NC(=O)Nc1cnc(C(F)(F)F)cc1OCC(F)(F)F)c1ncnn1-c1ncccn1. The first kappa shape index (κ1) is 23.7. The number of hydrogen-bond donors (Lipinski definition) is 2. The fraction of sp³-hybridized carbons (Fsp3) is 0.294. The van der Waals surface area contributed by atoms with Crippen LogP contribution in [0.3, 0.4) is 0 Å². The molecule has 0 fully saturated rings. The van der Waals surface area contributed by atoms with Crippen molar-refractivity contribution in [3.8, 4) is 11.7 Å². The molecule has 2 amide bonds. The summed E-state index contributed by atoms with van der Waals surface area (Å²) in [6, 6.07) is 0.0302. The van der Waals surface area contributed by atoms with Gasteiger partial charge in [0.25, 0.3) is 5.95 Å². The molecule has 3 heterocycles. The highest BCUT2D eigenvalue weighted by Gasteiger charge is 2.35. The van der Waals surface area contributed by atoms with Crippen LogP contribution in [-0.2, 0) is 6.18 Å². The standard InChI is InChI=1S/C17H14F6N8O2/c1-9(13-27-8-28-31(13)14-24-3-2-4-25-14)29-15(32)30-10-6-26-12(17(21,22)23)5-11(10)33-7-16(18,19)20/h2-6,8-9H,7H2,1H3,(H2,29,30,32). The van der Waals surface area contributed by atoms with Crippen molar-refractivity contribution in [1.82, 2.24) is 35.0 Å². The van der Waals surface area contributed by atoms with Crippen LogP contribution in [0.1, 0.15) is 24.5 Å². The molecule has 3 aromatic heterocycles. The molecule has 3 rings (SSSR count). The predicted octanol–water partition coefficient (Wildman–Crippen LogP) is 3.29. The number of ether oxygens (including phenoxy) is 1. The van der Waals surface area contributed by atoms with Crippen molar-refractivity contribution in [2.45, 2.75) is 25.3 Å². The molecule has 0 saturated carbocycles. The highest BCUT2D eigenvalue weighted by atomic mass is 19.4. The topological polar surface area (TPSA) is 120 Å². The van der Waals surface area contributed by atoms with E-state index in [-0.39, 0.29) is 17.8 Å². The Hall–Kier alpha value is -3.98. The summed E-state index contributed by atoms with van der Waals surface area (Å²) in [6.45, 7) is -0.365. The van der Waals surface area contributed by atoms with Crippen molar-refractivity contribution < 1.29 is 35.9 Å². The fourth-order valence-electron chi connectivity index (χ4n) is 2.48. The minimum absolute atomic E-state index is 0.161. The Kier molecular flexibility index (Phi) is 6.64. The number of carbonyl (C=O) groups is 1. The molecule has 1 atom stereocenters. The highest BCUT2D eigenvalue weighted by Crippen LogP contribution is 2.34. The summed E-state index contributed by atoms with van der Waals surface area (Å²) in [6.07, 6.45) is -5.12. The van der Waals surface area contributed by atoms with Gasteiger partial charge in [0, 0.05) is 18.5 Å². The largest absolute Gasteiger partial charge is 0.482 e. The summed E-state index contributed by atoms with van der Waals surface area (Å²) < 4.78 is 81.8. The van der Waals surface area contributed by atoms with Crippen molar-refractivity contribution in [1.29, 1.82) is 0 Å². The van der Waals surface area contributed by atoms with Crippen LogP contribution in [0.4, 0.5) is 36.8 Å². The van der Waals surface area contributed by atoms with Gasteiger partial charge in [-0.15, -0.1) is 0 Å². The summed E-state index contributed by atoms with van der Waals surface area (Å²) in [5.41, 5.74) is -2.00. The lowest BCUT2D eigenvalue weighted by Gasteiger charge is -2.17. The van der Waals surface area contributed by atoms with E-state index in [4.69, 9.17) is 0 Å². The van der Waals surface area contributed by atoms with Gasteiger partial charge < -0.3 is 15.4 Å². The minimum Gasteiger partial charge on any atom is -0.482 e. The van der Waals surface area contributed by atoms with E-state index in [2.05, 4.69) is 40.4 Å². The third kappa shape index (κ3) is 6.27. The van der Waals surface area contributed by atoms with Gasteiger partial charge in [-0.2, -0.15) is 36.1 Å². The van der Waals surface area contributed by atoms with Crippen molar-refractivity contribution in [2.75, 3.05) is 11.9 Å². The maximum atomic E-state index is 12.9. The van der Waals surface area contributed by atoms with Crippen LogP contribution < -0.4 is 15.4 Å². The maximum Gasteiger partial charge on any atom is 0.433 e. The molecular formula is C17H14F6N8O2. The monoisotopic (exact) mass is 476 g/mol. The van der Waals surface area contributed by atoms with E-state index in [1.54, 1.807) is 6.07 Å². The Balaban J connectivity index is 1.76. The van der Waals surface area contributed by atoms with Crippen LogP contribution in [0.25, 0.3) is 5.95 Å². The van der Waals surface area contributed by atoms with Crippen LogP contribution in [0.2, 0.25) is 0 Å². The van der Waals surface area contributed by atoms with Gasteiger partial charge in [-0.25, -0.2) is 24.7 Å². The van der Waals surface area contributed by atoms with E-state index in [1.165, 1.54) is 30.3 Å². The molecular weight excluding hydrogens is 462 g/mol. The van der Waals surface area contributed by atoms with E-state index in [0.29, 0.717) is 6.20 Å². The van der Waals surface area contributed by atoms with Gasteiger partial charge in [-0.3, -0.25) is 0 Å². The molecule has 0 aliphatic carbocycles. The Morgan fingerprint density at radius 2 is 1.82 bits per heavy atom. The number of halogens is 6. The molecule has 2 N–H and O–H groups in total. The van der Waals surface area contributed by atoms with Gasteiger partial charge in [-0.1, -0.05) is 0 Å². The van der Waals surface area contributed by atoms with Gasteiger partial charge in [0.1, 0.15) is 23.5 Å². The molecule has 176 valence electrons. The lowest BCUT2D eigenvalue weighted by molar-refractivity contribution is -0.153. The molecule has 0 aromatic carbocycles. The normalized spacial score (nSPS) is 12.8. The van der Waals surface area contributed by atoms with Crippen LogP contribution in [0, 0.1) is 0 Å². The molecule has 0 radical (unpaired) electrons. The number of rotatable bonds is 6. The second-order valence-corrected chi connectivity index (χ2v) is 6.37. The molecule has 33 heavy (non-hydrogen) atoms. The summed E-state index contributed by atoms with van der Waals surface area (Å²) in [5.74, 6) is -0.498. The summed E-state index contributed by atoms with van der Waals surface area (Å²) >= 11 is 0. The van der Waals surface area contributed by atoms with Gasteiger partial charge in [0.15, 0.2) is 12.4 Å². The molecule has 3 aromatic rings. The second-order valence-electron chi connectivity index (χ2n) is 6.37. The molecule has 0 bridgehead atoms. The van der Waals surface area contributed by atoms with E-state index < -0.39 is 48.2 Å². The van der Waals surface area contributed by atoms with Gasteiger partial charge in [0.05, 0.1) is 12.2 Å². The number of nitrogens with one attached hydrogen (secondary N) is 2. The average molecular weight is 476 g/mol. The van der Waals surface area contributed by atoms with Gasteiger partial charge in [-0.05, 0) is 13.0 Å². The Labute approximate surface area is 181 Å². The Morgan fingerprint density at radius 1 is 1.12 bits per heavy atom. The summed E-state index contributed by atoms with van der Waals surface area (Å²) in [4.78, 5) is 27.5. The first-order valence-electron chi connectivity index (χ1n) is 8.95. The molecule has 10 nitrogen and oxygen atoms in total. The lowest BCUT2D eigenvalue weighted by atomic mass is 10.3. The smallest absolute Gasteiger partial charge is 0.433 e. The van der Waals surface area contributed by atoms with Gasteiger partial charge in [0.2, 0.25) is 0 Å². The maximum absolute atomic E-state index is 12.9. The summed E-state index contributed by atoms with van der Waals surface area (Å²) in [5, 5.41) is 8.50. The lowest BCUT2D eigenvalue weighted by Crippen LogP contribution is -2.33. The van der Waals surface area contributed by atoms with Crippen molar-refractivity contribution >= 4 is 11.7 Å². The number of amides is 2. The average Bonchev–Trinajstić information content (AvgIpc) is 3.22. The van der Waals surface area contributed by atoms with E-state index in [9.17, 15) is 31.1 Å².